The van der Waals surface area contributed by atoms with Crippen molar-refractivity contribution in [3.8, 4) is 11.5 Å². The molecule has 3 rings (SSSR count). The van der Waals surface area contributed by atoms with Gasteiger partial charge < -0.3 is 9.47 Å². The molecule has 3 aromatic carbocycles. The summed E-state index contributed by atoms with van der Waals surface area (Å²) in [5.41, 5.74) is 0.310. The molecule has 0 aliphatic carbocycles. The Labute approximate surface area is 172 Å². The highest BCUT2D eigenvalue weighted by molar-refractivity contribution is 7.98. The second-order valence-corrected chi connectivity index (χ2v) is 7.43. The Hall–Kier alpha value is -2.70. The van der Waals surface area contributed by atoms with E-state index in [9.17, 15) is 9.59 Å². The Balaban J connectivity index is 1.76. The van der Waals surface area contributed by atoms with E-state index in [1.54, 1.807) is 72.1 Å². The van der Waals surface area contributed by atoms with Gasteiger partial charge in [0, 0.05) is 9.79 Å². The zero-order chi connectivity index (χ0) is 19.9. The first kappa shape index (κ1) is 20.0. The van der Waals surface area contributed by atoms with Gasteiger partial charge in [-0.2, -0.15) is 0 Å². The molecule has 0 atom stereocenters. The zero-order valence-corrected chi connectivity index (χ0v) is 17.0. The third-order valence-corrected chi connectivity index (χ3v) is 5.39. The Morgan fingerprint density at radius 2 is 0.964 bits per heavy atom. The summed E-state index contributed by atoms with van der Waals surface area (Å²) in [6, 6.07) is 20.8. The number of thioether (sulfide) groups is 2. The van der Waals surface area contributed by atoms with Crippen LogP contribution in [0.5, 0.6) is 11.5 Å². The minimum absolute atomic E-state index is 0.155. The van der Waals surface area contributed by atoms with Crippen molar-refractivity contribution >= 4 is 35.5 Å². The minimum atomic E-state index is -0.609. The highest BCUT2D eigenvalue weighted by Crippen LogP contribution is 2.22. The molecule has 0 bridgehead atoms. The van der Waals surface area contributed by atoms with Crippen molar-refractivity contribution in [2.45, 2.75) is 9.79 Å². The summed E-state index contributed by atoms with van der Waals surface area (Å²) in [5.74, 6) is -0.387. The van der Waals surface area contributed by atoms with Gasteiger partial charge in [-0.1, -0.05) is 12.1 Å². The molecule has 0 spiro atoms. The zero-order valence-electron chi connectivity index (χ0n) is 15.4. The third kappa shape index (κ3) is 4.97. The fourth-order valence-electron chi connectivity index (χ4n) is 2.45. The summed E-state index contributed by atoms with van der Waals surface area (Å²) in [4.78, 5) is 27.3. The van der Waals surface area contributed by atoms with Crippen molar-refractivity contribution in [2.75, 3.05) is 12.5 Å². The van der Waals surface area contributed by atoms with Crippen LogP contribution in [-0.2, 0) is 0 Å². The van der Waals surface area contributed by atoms with Crippen LogP contribution in [0.25, 0.3) is 0 Å². The van der Waals surface area contributed by atoms with Gasteiger partial charge in [-0.25, -0.2) is 9.59 Å². The minimum Gasteiger partial charge on any atom is -0.423 e. The van der Waals surface area contributed by atoms with E-state index in [4.69, 9.17) is 9.47 Å². The Kier molecular flexibility index (Phi) is 6.79. The number of carbonyl (C=O) groups excluding carboxylic acids is 2. The van der Waals surface area contributed by atoms with Crippen molar-refractivity contribution < 1.29 is 19.1 Å². The molecule has 0 aliphatic rings. The van der Waals surface area contributed by atoms with Crippen LogP contribution in [0.3, 0.4) is 0 Å². The molecule has 0 radical (unpaired) electrons. The molecule has 0 heterocycles. The van der Waals surface area contributed by atoms with Crippen molar-refractivity contribution in [2.24, 2.45) is 0 Å². The maximum atomic E-state index is 12.6. The van der Waals surface area contributed by atoms with Crippen LogP contribution < -0.4 is 9.47 Å². The van der Waals surface area contributed by atoms with Gasteiger partial charge >= 0.3 is 11.9 Å². The van der Waals surface area contributed by atoms with E-state index in [2.05, 4.69) is 0 Å². The number of benzene rings is 3. The predicted octanol–water partition coefficient (Wildman–Crippen LogP) is 5.57. The molecule has 0 unspecified atom stereocenters. The lowest BCUT2D eigenvalue weighted by atomic mass is 10.1. The maximum absolute atomic E-state index is 12.6. The second kappa shape index (κ2) is 9.48. The van der Waals surface area contributed by atoms with E-state index < -0.39 is 11.9 Å². The van der Waals surface area contributed by atoms with Crippen molar-refractivity contribution in [1.82, 2.24) is 0 Å². The van der Waals surface area contributed by atoms with Gasteiger partial charge in [-0.05, 0) is 73.2 Å². The molecular formula is C22H18O4S2. The molecule has 0 N–H and O–H groups in total. The SMILES string of the molecule is CSc1ccc(OC(=O)c2ccccc2C(=O)Oc2ccc(SC)cc2)cc1. The van der Waals surface area contributed by atoms with Crippen LogP contribution in [0.2, 0.25) is 0 Å². The van der Waals surface area contributed by atoms with Crippen molar-refractivity contribution in [3.63, 3.8) is 0 Å². The van der Waals surface area contributed by atoms with Gasteiger partial charge in [0.1, 0.15) is 11.5 Å². The molecule has 3 aromatic rings. The largest absolute Gasteiger partial charge is 0.423 e. The lowest BCUT2D eigenvalue weighted by Crippen LogP contribution is -2.17. The number of hydrogen-bond donors (Lipinski definition) is 0. The van der Waals surface area contributed by atoms with Crippen molar-refractivity contribution in [3.05, 3.63) is 83.9 Å². The van der Waals surface area contributed by atoms with Gasteiger partial charge in [0.15, 0.2) is 0 Å². The van der Waals surface area contributed by atoms with E-state index in [1.807, 2.05) is 36.8 Å². The fourth-order valence-corrected chi connectivity index (χ4v) is 3.27. The van der Waals surface area contributed by atoms with E-state index in [0.717, 1.165) is 9.79 Å². The van der Waals surface area contributed by atoms with Crippen LogP contribution in [0, 0.1) is 0 Å². The quantitative estimate of drug-likeness (QED) is 0.301. The summed E-state index contributed by atoms with van der Waals surface area (Å²) in [6.45, 7) is 0. The molecule has 0 amide bonds. The number of esters is 2. The first-order valence-corrected chi connectivity index (χ1v) is 10.9. The Morgan fingerprint density at radius 3 is 1.29 bits per heavy atom. The lowest BCUT2D eigenvalue weighted by Gasteiger charge is -2.10. The van der Waals surface area contributed by atoms with Gasteiger partial charge in [-0.15, -0.1) is 23.5 Å². The van der Waals surface area contributed by atoms with Crippen molar-refractivity contribution in [1.29, 1.82) is 0 Å². The lowest BCUT2D eigenvalue weighted by molar-refractivity contribution is 0.0692. The Morgan fingerprint density at radius 1 is 0.607 bits per heavy atom. The van der Waals surface area contributed by atoms with Crippen LogP contribution in [-0.4, -0.2) is 24.5 Å². The van der Waals surface area contributed by atoms with Gasteiger partial charge in [0.2, 0.25) is 0 Å². The van der Waals surface area contributed by atoms with Gasteiger partial charge in [-0.3, -0.25) is 0 Å². The van der Waals surface area contributed by atoms with E-state index in [1.165, 1.54) is 0 Å². The molecule has 6 heteroatoms. The highest BCUT2D eigenvalue weighted by Gasteiger charge is 2.20. The maximum Gasteiger partial charge on any atom is 0.344 e. The van der Waals surface area contributed by atoms with Gasteiger partial charge in [0.25, 0.3) is 0 Å². The second-order valence-electron chi connectivity index (χ2n) is 5.68. The van der Waals surface area contributed by atoms with Crippen LogP contribution >= 0.6 is 23.5 Å². The fraction of sp³-hybridized carbons (Fsp3) is 0.0909. The standard InChI is InChI=1S/C22H18O4S2/c1-27-17-11-7-15(8-12-17)25-21(23)19-5-3-4-6-20(19)22(24)26-16-9-13-18(28-2)14-10-16/h3-14H,1-2H3. The Bertz CT molecular complexity index is 886. The smallest absolute Gasteiger partial charge is 0.344 e. The highest BCUT2D eigenvalue weighted by atomic mass is 32.2. The molecule has 0 saturated heterocycles. The van der Waals surface area contributed by atoms with E-state index in [0.29, 0.717) is 11.5 Å². The first-order chi connectivity index (χ1) is 13.6. The van der Waals surface area contributed by atoms with E-state index in [-0.39, 0.29) is 11.1 Å². The molecule has 142 valence electrons. The van der Waals surface area contributed by atoms with Gasteiger partial charge in [0.05, 0.1) is 11.1 Å². The average Bonchev–Trinajstić information content (AvgIpc) is 2.74. The summed E-state index contributed by atoms with van der Waals surface area (Å²) in [7, 11) is 0. The molecule has 0 fully saturated rings. The molecule has 28 heavy (non-hydrogen) atoms. The first-order valence-electron chi connectivity index (χ1n) is 8.42. The van der Waals surface area contributed by atoms with Crippen LogP contribution in [0.15, 0.2) is 82.6 Å². The molecular weight excluding hydrogens is 392 g/mol. The average molecular weight is 411 g/mol. The summed E-state index contributed by atoms with van der Waals surface area (Å²) < 4.78 is 10.8. The number of hydrogen-bond acceptors (Lipinski definition) is 6. The molecule has 4 nitrogen and oxygen atoms in total. The number of rotatable bonds is 6. The predicted molar refractivity (Wildman–Crippen MR) is 113 cm³/mol. The number of ether oxygens (including phenoxy) is 2. The molecule has 0 aromatic heterocycles. The topological polar surface area (TPSA) is 52.6 Å². The monoisotopic (exact) mass is 410 g/mol. The summed E-state index contributed by atoms with van der Waals surface area (Å²) in [6.07, 6.45) is 3.94. The summed E-state index contributed by atoms with van der Waals surface area (Å²) in [5, 5.41) is 0. The third-order valence-electron chi connectivity index (χ3n) is 3.91. The molecule has 0 aliphatic heterocycles. The molecule has 0 saturated carbocycles. The normalized spacial score (nSPS) is 10.4. The van der Waals surface area contributed by atoms with Crippen LogP contribution in [0.4, 0.5) is 0 Å². The van der Waals surface area contributed by atoms with E-state index >= 15 is 0 Å². The number of carbonyl (C=O) groups is 2. The summed E-state index contributed by atoms with van der Waals surface area (Å²) >= 11 is 3.20. The van der Waals surface area contributed by atoms with Crippen LogP contribution in [0.1, 0.15) is 20.7 Å².